The number of halogens is 3. The molecule has 1 aliphatic rings. The van der Waals surface area contributed by atoms with Crippen LogP contribution >= 0.6 is 0 Å². The van der Waals surface area contributed by atoms with E-state index in [1.165, 1.54) is 18.2 Å². The van der Waals surface area contributed by atoms with Crippen molar-refractivity contribution in [2.45, 2.75) is 32.4 Å². The molecular formula is C17H16F3N3O2. The highest BCUT2D eigenvalue weighted by atomic mass is 19.4. The van der Waals surface area contributed by atoms with Gasteiger partial charge in [0.15, 0.2) is 5.78 Å². The standard InChI is InChI=1S/C17H16F3N3O2/c1-9-14-12(7-4-8-13(14)24)21-15(9)16(25)23-22-11-6-3-2-5-10(11)17(18,19)20/h2-3,5-6,21-22H,4,7-8H2,1H3,(H,23,25). The van der Waals surface area contributed by atoms with E-state index < -0.39 is 17.6 Å². The zero-order chi connectivity index (χ0) is 18.2. The fourth-order valence-corrected chi connectivity index (χ4v) is 3.03. The predicted octanol–water partition coefficient (Wildman–Crippen LogP) is 3.62. The second kappa shape index (κ2) is 6.27. The summed E-state index contributed by atoms with van der Waals surface area (Å²) in [6.07, 6.45) is -2.73. The number of hydrogen-bond acceptors (Lipinski definition) is 3. The molecule has 3 N–H and O–H groups in total. The molecule has 1 aromatic carbocycles. The molecule has 5 nitrogen and oxygen atoms in total. The average Bonchev–Trinajstić information content (AvgIpc) is 2.90. The Balaban J connectivity index is 1.80. The van der Waals surface area contributed by atoms with Crippen molar-refractivity contribution < 1.29 is 22.8 Å². The van der Waals surface area contributed by atoms with Gasteiger partial charge in [0.05, 0.1) is 11.3 Å². The van der Waals surface area contributed by atoms with Gasteiger partial charge in [-0.1, -0.05) is 12.1 Å². The number of carbonyl (C=O) groups is 2. The van der Waals surface area contributed by atoms with Gasteiger partial charge in [-0.3, -0.25) is 20.4 Å². The number of anilines is 1. The van der Waals surface area contributed by atoms with E-state index in [1.807, 2.05) is 0 Å². The first-order valence-corrected chi connectivity index (χ1v) is 7.76. The number of amides is 1. The summed E-state index contributed by atoms with van der Waals surface area (Å²) in [5.74, 6) is -0.652. The number of hydrogen-bond donors (Lipinski definition) is 3. The fraction of sp³-hybridized carbons (Fsp3) is 0.294. The molecule has 132 valence electrons. The Morgan fingerprint density at radius 2 is 1.92 bits per heavy atom. The molecule has 0 aliphatic heterocycles. The Kier molecular flexibility index (Phi) is 4.28. The van der Waals surface area contributed by atoms with Crippen molar-refractivity contribution in [3.8, 4) is 0 Å². The largest absolute Gasteiger partial charge is 0.418 e. The summed E-state index contributed by atoms with van der Waals surface area (Å²) in [6.45, 7) is 1.65. The number of hydrazine groups is 1. The molecule has 1 aromatic heterocycles. The summed E-state index contributed by atoms with van der Waals surface area (Å²) >= 11 is 0. The highest BCUT2D eigenvalue weighted by Crippen LogP contribution is 2.34. The maximum Gasteiger partial charge on any atom is 0.418 e. The van der Waals surface area contributed by atoms with Crippen LogP contribution in [-0.2, 0) is 12.6 Å². The summed E-state index contributed by atoms with van der Waals surface area (Å²) in [6, 6.07) is 4.84. The van der Waals surface area contributed by atoms with Crippen LogP contribution in [0.2, 0.25) is 0 Å². The molecule has 3 rings (SSSR count). The van der Waals surface area contributed by atoms with E-state index in [9.17, 15) is 22.8 Å². The maximum absolute atomic E-state index is 13.0. The van der Waals surface area contributed by atoms with Gasteiger partial charge in [0.1, 0.15) is 5.69 Å². The Morgan fingerprint density at radius 1 is 1.20 bits per heavy atom. The van der Waals surface area contributed by atoms with E-state index in [0.29, 0.717) is 36.1 Å². The van der Waals surface area contributed by atoms with Crippen molar-refractivity contribution in [3.05, 3.63) is 52.3 Å². The molecular weight excluding hydrogens is 335 g/mol. The minimum atomic E-state index is -4.54. The first-order valence-electron chi connectivity index (χ1n) is 7.76. The topological polar surface area (TPSA) is 74.0 Å². The number of carbonyl (C=O) groups excluding carboxylic acids is 2. The lowest BCUT2D eigenvalue weighted by Gasteiger charge is -2.14. The molecule has 25 heavy (non-hydrogen) atoms. The molecule has 8 heteroatoms. The molecule has 0 saturated carbocycles. The second-order valence-electron chi connectivity index (χ2n) is 5.88. The zero-order valence-corrected chi connectivity index (χ0v) is 13.4. The van der Waals surface area contributed by atoms with E-state index in [2.05, 4.69) is 15.8 Å². The van der Waals surface area contributed by atoms with Crippen molar-refractivity contribution >= 4 is 17.4 Å². The summed E-state index contributed by atoms with van der Waals surface area (Å²) in [7, 11) is 0. The molecule has 0 bridgehead atoms. The molecule has 0 radical (unpaired) electrons. The molecule has 0 unspecified atom stereocenters. The number of rotatable bonds is 3. The Hall–Kier alpha value is -2.77. The van der Waals surface area contributed by atoms with Crippen LogP contribution in [0.15, 0.2) is 24.3 Å². The number of aromatic amines is 1. The highest BCUT2D eigenvalue weighted by molar-refractivity contribution is 6.04. The lowest BCUT2D eigenvalue weighted by Crippen LogP contribution is -2.31. The van der Waals surface area contributed by atoms with Gasteiger partial charge in [-0.15, -0.1) is 0 Å². The smallest absolute Gasteiger partial charge is 0.354 e. The number of nitrogens with one attached hydrogen (secondary N) is 3. The molecule has 1 aliphatic carbocycles. The lowest BCUT2D eigenvalue weighted by molar-refractivity contribution is -0.137. The summed E-state index contributed by atoms with van der Waals surface area (Å²) < 4.78 is 38.9. The number of benzene rings is 1. The van der Waals surface area contributed by atoms with E-state index in [-0.39, 0.29) is 17.2 Å². The molecule has 1 heterocycles. The van der Waals surface area contributed by atoms with Crippen LogP contribution in [0.3, 0.4) is 0 Å². The third-order valence-corrected chi connectivity index (χ3v) is 4.21. The minimum absolute atomic E-state index is 0.0237. The van der Waals surface area contributed by atoms with Crippen LogP contribution < -0.4 is 10.9 Å². The van der Waals surface area contributed by atoms with Gasteiger partial charge in [-0.2, -0.15) is 13.2 Å². The number of aryl methyl sites for hydroxylation is 1. The quantitative estimate of drug-likeness (QED) is 0.740. The summed E-state index contributed by atoms with van der Waals surface area (Å²) in [4.78, 5) is 27.2. The molecule has 0 saturated heterocycles. The van der Waals surface area contributed by atoms with E-state index in [4.69, 9.17) is 0 Å². The fourth-order valence-electron chi connectivity index (χ4n) is 3.03. The van der Waals surface area contributed by atoms with E-state index in [0.717, 1.165) is 6.07 Å². The first-order chi connectivity index (χ1) is 11.8. The van der Waals surface area contributed by atoms with Crippen LogP contribution in [0, 0.1) is 6.92 Å². The first kappa shape index (κ1) is 17.1. The van der Waals surface area contributed by atoms with Crippen molar-refractivity contribution in [2.75, 3.05) is 5.43 Å². The van der Waals surface area contributed by atoms with E-state index in [1.54, 1.807) is 6.92 Å². The van der Waals surface area contributed by atoms with Gasteiger partial charge in [0, 0.05) is 17.7 Å². The Morgan fingerprint density at radius 3 is 2.60 bits per heavy atom. The molecule has 0 atom stereocenters. The van der Waals surface area contributed by atoms with Crippen LogP contribution in [0.25, 0.3) is 0 Å². The monoisotopic (exact) mass is 351 g/mol. The third-order valence-electron chi connectivity index (χ3n) is 4.21. The van der Waals surface area contributed by atoms with Crippen molar-refractivity contribution in [1.82, 2.24) is 10.4 Å². The van der Waals surface area contributed by atoms with Gasteiger partial charge in [0.25, 0.3) is 5.91 Å². The number of aromatic nitrogens is 1. The third kappa shape index (κ3) is 3.24. The minimum Gasteiger partial charge on any atom is -0.354 e. The predicted molar refractivity (Wildman–Crippen MR) is 85.3 cm³/mol. The van der Waals surface area contributed by atoms with Gasteiger partial charge >= 0.3 is 6.18 Å². The van der Waals surface area contributed by atoms with Crippen LogP contribution in [0.1, 0.15) is 50.5 Å². The molecule has 1 amide bonds. The zero-order valence-electron chi connectivity index (χ0n) is 13.4. The van der Waals surface area contributed by atoms with Crippen molar-refractivity contribution in [3.63, 3.8) is 0 Å². The maximum atomic E-state index is 13.0. The van der Waals surface area contributed by atoms with Crippen molar-refractivity contribution in [2.24, 2.45) is 0 Å². The SMILES string of the molecule is Cc1c(C(=O)NNc2ccccc2C(F)(F)F)[nH]c2c1C(=O)CCC2. The van der Waals surface area contributed by atoms with E-state index >= 15 is 0 Å². The Bertz CT molecular complexity index is 840. The summed E-state index contributed by atoms with van der Waals surface area (Å²) in [5, 5.41) is 0. The second-order valence-corrected chi connectivity index (χ2v) is 5.88. The van der Waals surface area contributed by atoms with Gasteiger partial charge in [0.2, 0.25) is 0 Å². The van der Waals surface area contributed by atoms with Crippen LogP contribution in [0.5, 0.6) is 0 Å². The van der Waals surface area contributed by atoms with Gasteiger partial charge < -0.3 is 4.98 Å². The number of ketones is 1. The number of Topliss-reactive ketones (excluding diaryl/α,β-unsaturated/α-hetero) is 1. The number of para-hydroxylation sites is 1. The molecule has 2 aromatic rings. The molecule has 0 fully saturated rings. The van der Waals surface area contributed by atoms with Crippen LogP contribution in [-0.4, -0.2) is 16.7 Å². The van der Waals surface area contributed by atoms with Gasteiger partial charge in [-0.25, -0.2) is 0 Å². The summed E-state index contributed by atoms with van der Waals surface area (Å²) in [5.41, 5.74) is 5.35. The van der Waals surface area contributed by atoms with Gasteiger partial charge in [-0.05, 0) is 37.5 Å². The lowest BCUT2D eigenvalue weighted by atomic mass is 9.94. The van der Waals surface area contributed by atoms with Crippen molar-refractivity contribution in [1.29, 1.82) is 0 Å². The Labute approximate surface area is 141 Å². The normalized spacial score (nSPS) is 14.2. The van der Waals surface area contributed by atoms with Crippen LogP contribution in [0.4, 0.5) is 18.9 Å². The average molecular weight is 351 g/mol. The highest BCUT2D eigenvalue weighted by Gasteiger charge is 2.33. The molecule has 0 spiro atoms. The number of fused-ring (bicyclic) bond motifs is 1. The number of alkyl halides is 3. The number of H-pyrrole nitrogens is 1.